The molecule has 1 aliphatic rings. The van der Waals surface area contributed by atoms with Gasteiger partial charge in [-0.15, -0.1) is 0 Å². The summed E-state index contributed by atoms with van der Waals surface area (Å²) in [5, 5.41) is 2.91. The molecule has 1 heterocycles. The molecule has 114 valence electrons. The molecule has 22 heavy (non-hydrogen) atoms. The third-order valence-corrected chi connectivity index (χ3v) is 3.95. The van der Waals surface area contributed by atoms with Crippen molar-refractivity contribution in [1.82, 2.24) is 0 Å². The Hall–Kier alpha value is -2.49. The Labute approximate surface area is 130 Å². The van der Waals surface area contributed by atoms with E-state index in [-0.39, 0.29) is 5.91 Å². The molecule has 0 aromatic heterocycles. The van der Waals surface area contributed by atoms with Crippen molar-refractivity contribution < 1.29 is 4.79 Å². The van der Waals surface area contributed by atoms with Crippen LogP contribution in [0.4, 0.5) is 17.1 Å². The molecule has 2 aromatic rings. The fraction of sp³-hybridized carbons (Fsp3) is 0.278. The first kappa shape index (κ1) is 14.4. The maximum Gasteiger partial charge on any atom is 0.243 e. The number of hydrogen-bond acceptors (Lipinski definition) is 3. The van der Waals surface area contributed by atoms with E-state index < -0.39 is 0 Å². The molecule has 1 amide bonds. The number of hydrogen-bond donors (Lipinski definition) is 2. The molecule has 0 aliphatic carbocycles. The van der Waals surface area contributed by atoms with Crippen LogP contribution < -0.4 is 16.0 Å². The van der Waals surface area contributed by atoms with Crippen molar-refractivity contribution in [3.63, 3.8) is 0 Å². The van der Waals surface area contributed by atoms with Crippen LogP contribution in [0.1, 0.15) is 17.5 Å². The summed E-state index contributed by atoms with van der Waals surface area (Å²) < 4.78 is 0. The van der Waals surface area contributed by atoms with Crippen LogP contribution in [0.15, 0.2) is 42.5 Å². The average molecular weight is 295 g/mol. The van der Waals surface area contributed by atoms with Crippen molar-refractivity contribution in [2.24, 2.45) is 0 Å². The van der Waals surface area contributed by atoms with Gasteiger partial charge in [-0.05, 0) is 49.6 Å². The molecule has 0 spiro atoms. The molecule has 3 rings (SSSR count). The van der Waals surface area contributed by atoms with Crippen LogP contribution in [-0.4, -0.2) is 19.0 Å². The number of carbonyl (C=O) groups excluding carboxylic acids is 1. The third-order valence-electron chi connectivity index (χ3n) is 3.95. The quantitative estimate of drug-likeness (QED) is 0.856. The van der Waals surface area contributed by atoms with Gasteiger partial charge in [0.1, 0.15) is 0 Å². The molecule has 0 saturated heterocycles. The second-order valence-electron chi connectivity index (χ2n) is 5.83. The van der Waals surface area contributed by atoms with E-state index in [9.17, 15) is 4.79 Å². The number of amides is 1. The normalized spacial score (nSPS) is 13.6. The predicted octanol–water partition coefficient (Wildman–Crippen LogP) is 2.97. The van der Waals surface area contributed by atoms with E-state index in [4.69, 9.17) is 5.73 Å². The molecule has 4 heteroatoms. The molecule has 0 saturated carbocycles. The molecular weight excluding hydrogens is 274 g/mol. The molecule has 1 aliphatic heterocycles. The van der Waals surface area contributed by atoms with Gasteiger partial charge in [-0.25, -0.2) is 0 Å². The van der Waals surface area contributed by atoms with Crippen LogP contribution in [0.3, 0.4) is 0 Å². The van der Waals surface area contributed by atoms with E-state index in [1.165, 1.54) is 16.8 Å². The molecule has 0 atom stereocenters. The Bertz CT molecular complexity index is 696. The summed E-state index contributed by atoms with van der Waals surface area (Å²) in [6, 6.07) is 13.7. The highest BCUT2D eigenvalue weighted by molar-refractivity contribution is 5.94. The zero-order valence-electron chi connectivity index (χ0n) is 12.8. The number of anilines is 3. The van der Waals surface area contributed by atoms with Crippen LogP contribution in [-0.2, 0) is 11.2 Å². The highest BCUT2D eigenvalue weighted by Crippen LogP contribution is 2.27. The largest absolute Gasteiger partial charge is 0.399 e. The monoisotopic (exact) mass is 295 g/mol. The number of rotatable bonds is 3. The van der Waals surface area contributed by atoms with Crippen molar-refractivity contribution in [1.29, 1.82) is 0 Å². The first-order chi connectivity index (χ1) is 10.6. The first-order valence-electron chi connectivity index (χ1n) is 7.62. The van der Waals surface area contributed by atoms with Gasteiger partial charge in [0, 0.05) is 23.6 Å². The summed E-state index contributed by atoms with van der Waals surface area (Å²) in [5.41, 5.74) is 10.9. The second-order valence-corrected chi connectivity index (χ2v) is 5.83. The number of aryl methyl sites for hydroxylation is 2. The van der Waals surface area contributed by atoms with Crippen LogP contribution in [0.25, 0.3) is 0 Å². The van der Waals surface area contributed by atoms with E-state index in [1.807, 2.05) is 12.1 Å². The summed E-state index contributed by atoms with van der Waals surface area (Å²) in [5.74, 6) is -0.0148. The van der Waals surface area contributed by atoms with E-state index in [0.717, 1.165) is 25.1 Å². The van der Waals surface area contributed by atoms with Crippen molar-refractivity contribution >= 4 is 23.0 Å². The third kappa shape index (κ3) is 3.22. The summed E-state index contributed by atoms with van der Waals surface area (Å²) in [7, 11) is 0. The van der Waals surface area contributed by atoms with E-state index >= 15 is 0 Å². The SMILES string of the molecule is Cc1ccc2c(c1)CCCN2CC(=O)Nc1cccc(N)c1. The number of fused-ring (bicyclic) bond motifs is 1. The summed E-state index contributed by atoms with van der Waals surface area (Å²) in [6.45, 7) is 3.39. The van der Waals surface area contributed by atoms with Crippen LogP contribution in [0.2, 0.25) is 0 Å². The Balaban J connectivity index is 1.70. The Kier molecular flexibility index (Phi) is 4.00. The lowest BCUT2D eigenvalue weighted by Gasteiger charge is -2.31. The fourth-order valence-corrected chi connectivity index (χ4v) is 2.96. The van der Waals surface area contributed by atoms with Gasteiger partial charge in [-0.2, -0.15) is 0 Å². The number of nitrogens with two attached hydrogens (primary N) is 1. The lowest BCUT2D eigenvalue weighted by atomic mass is 9.99. The zero-order valence-corrected chi connectivity index (χ0v) is 12.8. The molecule has 0 unspecified atom stereocenters. The van der Waals surface area contributed by atoms with Crippen LogP contribution >= 0.6 is 0 Å². The lowest BCUT2D eigenvalue weighted by molar-refractivity contribution is -0.115. The predicted molar refractivity (Wildman–Crippen MR) is 91.2 cm³/mol. The minimum absolute atomic E-state index is 0.0148. The Morgan fingerprint density at radius 2 is 2.14 bits per heavy atom. The zero-order chi connectivity index (χ0) is 15.5. The Morgan fingerprint density at radius 3 is 2.95 bits per heavy atom. The second kappa shape index (κ2) is 6.10. The van der Waals surface area contributed by atoms with Gasteiger partial charge < -0.3 is 16.0 Å². The molecule has 0 fully saturated rings. The highest BCUT2D eigenvalue weighted by Gasteiger charge is 2.19. The topological polar surface area (TPSA) is 58.4 Å². The van der Waals surface area contributed by atoms with E-state index in [0.29, 0.717) is 12.2 Å². The molecular formula is C18H21N3O. The highest BCUT2D eigenvalue weighted by atomic mass is 16.2. The van der Waals surface area contributed by atoms with E-state index in [2.05, 4.69) is 35.3 Å². The van der Waals surface area contributed by atoms with Gasteiger partial charge >= 0.3 is 0 Å². The first-order valence-corrected chi connectivity index (χ1v) is 7.62. The maximum absolute atomic E-state index is 12.3. The standard InChI is InChI=1S/C18H21N3O/c1-13-7-8-17-14(10-13)4-3-9-21(17)12-18(22)20-16-6-2-5-15(19)11-16/h2,5-8,10-11H,3-4,9,12,19H2,1H3,(H,20,22). The van der Waals surface area contributed by atoms with Crippen LogP contribution in [0, 0.1) is 6.92 Å². The van der Waals surface area contributed by atoms with Crippen molar-refractivity contribution in [3.05, 3.63) is 53.6 Å². The van der Waals surface area contributed by atoms with Crippen molar-refractivity contribution in [3.8, 4) is 0 Å². The molecule has 0 radical (unpaired) electrons. The van der Waals surface area contributed by atoms with Gasteiger partial charge in [0.15, 0.2) is 0 Å². The molecule has 3 N–H and O–H groups in total. The number of benzene rings is 2. The number of nitrogens with zero attached hydrogens (tertiary/aromatic N) is 1. The van der Waals surface area contributed by atoms with Gasteiger partial charge in [0.2, 0.25) is 5.91 Å². The van der Waals surface area contributed by atoms with Gasteiger partial charge in [0.05, 0.1) is 6.54 Å². The molecule has 2 aromatic carbocycles. The number of nitrogen functional groups attached to an aromatic ring is 1. The van der Waals surface area contributed by atoms with E-state index in [1.54, 1.807) is 12.1 Å². The molecule has 0 bridgehead atoms. The van der Waals surface area contributed by atoms with Gasteiger partial charge in [0.25, 0.3) is 0 Å². The van der Waals surface area contributed by atoms with Crippen molar-refractivity contribution in [2.45, 2.75) is 19.8 Å². The summed E-state index contributed by atoms with van der Waals surface area (Å²) in [4.78, 5) is 14.4. The number of carbonyl (C=O) groups is 1. The minimum Gasteiger partial charge on any atom is -0.399 e. The fourth-order valence-electron chi connectivity index (χ4n) is 2.96. The van der Waals surface area contributed by atoms with Crippen molar-refractivity contribution in [2.75, 3.05) is 29.0 Å². The Morgan fingerprint density at radius 1 is 1.27 bits per heavy atom. The summed E-state index contributed by atoms with van der Waals surface area (Å²) >= 11 is 0. The van der Waals surface area contributed by atoms with Gasteiger partial charge in [-0.3, -0.25) is 4.79 Å². The van der Waals surface area contributed by atoms with Crippen LogP contribution in [0.5, 0.6) is 0 Å². The number of nitrogens with one attached hydrogen (secondary N) is 1. The molecule has 4 nitrogen and oxygen atoms in total. The minimum atomic E-state index is -0.0148. The van der Waals surface area contributed by atoms with Gasteiger partial charge in [-0.1, -0.05) is 23.8 Å². The lowest BCUT2D eigenvalue weighted by Crippen LogP contribution is -2.36. The summed E-state index contributed by atoms with van der Waals surface area (Å²) in [6.07, 6.45) is 2.17. The maximum atomic E-state index is 12.3. The smallest absolute Gasteiger partial charge is 0.243 e. The average Bonchev–Trinajstić information content (AvgIpc) is 2.47.